The Morgan fingerprint density at radius 1 is 0.370 bits per heavy atom. The first kappa shape index (κ1) is 26.7. The first-order valence-electron chi connectivity index (χ1n) is 15.7. The van der Waals surface area contributed by atoms with Gasteiger partial charge in [0.2, 0.25) is 0 Å². The highest BCUT2D eigenvalue weighted by Crippen LogP contribution is 2.43. The van der Waals surface area contributed by atoms with Crippen molar-refractivity contribution in [3.63, 3.8) is 0 Å². The Morgan fingerprint density at radius 2 is 0.935 bits per heavy atom. The van der Waals surface area contributed by atoms with Crippen LogP contribution in [0.2, 0.25) is 0 Å². The highest BCUT2D eigenvalue weighted by atomic mass is 32.1. The molecule has 9 rings (SSSR count). The number of aromatic amines is 1. The lowest BCUT2D eigenvalue weighted by Gasteiger charge is -2.15. The van der Waals surface area contributed by atoms with Crippen LogP contribution >= 0.6 is 11.3 Å². The third-order valence-corrected chi connectivity index (χ3v) is 10.2. The molecule has 7 aromatic carbocycles. The van der Waals surface area contributed by atoms with Crippen LogP contribution in [0.1, 0.15) is 0 Å². The van der Waals surface area contributed by atoms with Crippen LogP contribution in [0.5, 0.6) is 0 Å². The Morgan fingerprint density at radius 3 is 1.63 bits per heavy atom. The normalized spacial score (nSPS) is 11.5. The number of fused-ring (bicyclic) bond motifs is 4. The van der Waals surface area contributed by atoms with Gasteiger partial charge in [-0.05, 0) is 122 Å². The fraction of sp³-hybridized carbons (Fsp3) is 0. The minimum Gasteiger partial charge on any atom is -0.361 e. The molecule has 2 aromatic heterocycles. The van der Waals surface area contributed by atoms with Crippen LogP contribution in [0.15, 0.2) is 170 Å². The van der Waals surface area contributed by atoms with Crippen LogP contribution in [0, 0.1) is 0 Å². The minimum absolute atomic E-state index is 1.15. The summed E-state index contributed by atoms with van der Waals surface area (Å²) in [5.74, 6) is 0. The second-order valence-corrected chi connectivity index (χ2v) is 12.9. The van der Waals surface area contributed by atoms with E-state index in [2.05, 4.69) is 169 Å². The van der Waals surface area contributed by atoms with Crippen LogP contribution in [-0.4, -0.2) is 4.98 Å². The highest BCUT2D eigenvalue weighted by molar-refractivity contribution is 7.26. The van der Waals surface area contributed by atoms with Crippen molar-refractivity contribution in [3.05, 3.63) is 170 Å². The van der Waals surface area contributed by atoms with Gasteiger partial charge in [0.25, 0.3) is 0 Å². The zero-order chi connectivity index (χ0) is 30.5. The van der Waals surface area contributed by atoms with Crippen molar-refractivity contribution >= 4 is 42.4 Å². The van der Waals surface area contributed by atoms with E-state index in [0.29, 0.717) is 0 Å². The molecule has 2 heterocycles. The summed E-state index contributed by atoms with van der Waals surface area (Å²) in [4.78, 5) is 3.35. The van der Waals surface area contributed by atoms with E-state index in [-0.39, 0.29) is 0 Å². The fourth-order valence-corrected chi connectivity index (χ4v) is 7.95. The first-order valence-corrected chi connectivity index (χ1v) is 16.5. The molecule has 0 radical (unpaired) electrons. The Kier molecular flexibility index (Phi) is 6.40. The number of hydrogen-bond acceptors (Lipinski definition) is 1. The fourth-order valence-electron chi connectivity index (χ4n) is 6.71. The second-order valence-electron chi connectivity index (χ2n) is 11.9. The molecule has 0 fully saturated rings. The molecule has 9 aromatic rings. The summed E-state index contributed by atoms with van der Waals surface area (Å²) in [6, 6.07) is 59.9. The summed E-state index contributed by atoms with van der Waals surface area (Å²) in [7, 11) is 0. The van der Waals surface area contributed by atoms with E-state index in [1.54, 1.807) is 0 Å². The van der Waals surface area contributed by atoms with E-state index >= 15 is 0 Å². The van der Waals surface area contributed by atoms with E-state index in [1.165, 1.54) is 81.2 Å². The van der Waals surface area contributed by atoms with Crippen molar-refractivity contribution in [1.82, 2.24) is 4.98 Å². The van der Waals surface area contributed by atoms with E-state index in [0.717, 1.165) is 5.52 Å². The maximum Gasteiger partial charge on any atom is 0.0454 e. The zero-order valence-corrected chi connectivity index (χ0v) is 25.9. The molecule has 216 valence electrons. The number of H-pyrrole nitrogens is 1. The third-order valence-electron chi connectivity index (χ3n) is 9.02. The average Bonchev–Trinajstić information content (AvgIpc) is 3.76. The molecule has 0 saturated carbocycles. The summed E-state index contributed by atoms with van der Waals surface area (Å²) >= 11 is 1.88. The largest absolute Gasteiger partial charge is 0.361 e. The third kappa shape index (κ3) is 4.72. The monoisotopic (exact) mass is 603 g/mol. The molecule has 2 heteroatoms. The van der Waals surface area contributed by atoms with Crippen LogP contribution < -0.4 is 0 Å². The number of hydrogen-bond donors (Lipinski definition) is 1. The summed E-state index contributed by atoms with van der Waals surface area (Å²) < 4.78 is 2.65. The molecule has 1 nitrogen and oxygen atoms in total. The molecule has 0 saturated heterocycles. The number of aromatic nitrogens is 1. The molecular formula is C44H29NS. The van der Waals surface area contributed by atoms with Gasteiger partial charge in [-0.1, -0.05) is 103 Å². The van der Waals surface area contributed by atoms with Gasteiger partial charge < -0.3 is 4.98 Å². The number of benzene rings is 7. The van der Waals surface area contributed by atoms with Gasteiger partial charge in [-0.2, -0.15) is 0 Å². The summed E-state index contributed by atoms with van der Waals surface area (Å²) in [6.07, 6.45) is 2.01. The molecule has 46 heavy (non-hydrogen) atoms. The zero-order valence-electron chi connectivity index (χ0n) is 25.1. The molecule has 0 spiro atoms. The van der Waals surface area contributed by atoms with Crippen molar-refractivity contribution in [2.75, 3.05) is 0 Å². The predicted molar refractivity (Wildman–Crippen MR) is 198 cm³/mol. The van der Waals surface area contributed by atoms with Crippen LogP contribution in [0.25, 0.3) is 86.7 Å². The van der Waals surface area contributed by atoms with Crippen molar-refractivity contribution in [2.24, 2.45) is 0 Å². The standard InChI is InChI=1S/C44H29NS/c1-3-10-29(11-4-1)33-23-34(30-12-5-2-6-13-30)25-36(24-33)37-26-35(31-18-19-42-32(22-31)20-21-45-42)27-38(28-37)39-15-9-16-41-40-14-7-8-17-43(40)46-44(39)41/h1-28,45H. The Bertz CT molecular complexity index is 2460. The average molecular weight is 604 g/mol. The Hall–Kier alpha value is -5.70. The maximum absolute atomic E-state index is 3.35. The van der Waals surface area contributed by atoms with Crippen molar-refractivity contribution < 1.29 is 0 Å². The minimum atomic E-state index is 1.15. The predicted octanol–water partition coefficient (Wildman–Crippen LogP) is 12.9. The van der Waals surface area contributed by atoms with Gasteiger partial charge in [0.05, 0.1) is 0 Å². The van der Waals surface area contributed by atoms with Crippen LogP contribution in [-0.2, 0) is 0 Å². The number of nitrogens with one attached hydrogen (secondary N) is 1. The van der Waals surface area contributed by atoms with Crippen LogP contribution in [0.3, 0.4) is 0 Å². The quantitative estimate of drug-likeness (QED) is 0.201. The van der Waals surface area contributed by atoms with Gasteiger partial charge in [0.1, 0.15) is 0 Å². The first-order chi connectivity index (χ1) is 22.8. The topological polar surface area (TPSA) is 15.8 Å². The van der Waals surface area contributed by atoms with Crippen LogP contribution in [0.4, 0.5) is 0 Å². The smallest absolute Gasteiger partial charge is 0.0454 e. The number of rotatable bonds is 5. The molecule has 0 amide bonds. The lowest BCUT2D eigenvalue weighted by molar-refractivity contribution is 1.48. The molecular weight excluding hydrogens is 575 g/mol. The lowest BCUT2D eigenvalue weighted by Crippen LogP contribution is -1.89. The Balaban J connectivity index is 1.31. The number of thiophene rings is 1. The van der Waals surface area contributed by atoms with Gasteiger partial charge in [-0.3, -0.25) is 0 Å². The molecule has 0 aliphatic carbocycles. The SMILES string of the molecule is c1ccc(-c2cc(-c3ccccc3)cc(-c3cc(-c4ccc5[nH]ccc5c4)cc(-c4cccc5c4sc4ccccc45)c3)c2)cc1. The van der Waals surface area contributed by atoms with Gasteiger partial charge in [-0.15, -0.1) is 11.3 Å². The van der Waals surface area contributed by atoms with Gasteiger partial charge in [-0.25, -0.2) is 0 Å². The summed E-state index contributed by atoms with van der Waals surface area (Å²) in [6.45, 7) is 0. The molecule has 0 bridgehead atoms. The molecule has 1 N–H and O–H groups in total. The van der Waals surface area contributed by atoms with Crippen molar-refractivity contribution in [2.45, 2.75) is 0 Å². The van der Waals surface area contributed by atoms with E-state index in [1.807, 2.05) is 17.5 Å². The second kappa shape index (κ2) is 11.0. The van der Waals surface area contributed by atoms with E-state index in [9.17, 15) is 0 Å². The van der Waals surface area contributed by atoms with Gasteiger partial charge >= 0.3 is 0 Å². The highest BCUT2D eigenvalue weighted by Gasteiger charge is 2.15. The molecule has 0 unspecified atom stereocenters. The summed E-state index contributed by atoms with van der Waals surface area (Å²) in [5.41, 5.74) is 13.3. The molecule has 0 aliphatic heterocycles. The van der Waals surface area contributed by atoms with E-state index in [4.69, 9.17) is 0 Å². The lowest BCUT2D eigenvalue weighted by atomic mass is 9.89. The van der Waals surface area contributed by atoms with Gasteiger partial charge in [0, 0.05) is 31.9 Å². The molecule has 0 atom stereocenters. The summed E-state index contributed by atoms with van der Waals surface area (Å²) in [5, 5.41) is 3.85. The molecule has 0 aliphatic rings. The van der Waals surface area contributed by atoms with Gasteiger partial charge in [0.15, 0.2) is 0 Å². The Labute approximate surface area is 272 Å². The van der Waals surface area contributed by atoms with Crippen molar-refractivity contribution in [1.29, 1.82) is 0 Å². The maximum atomic E-state index is 3.35. The van der Waals surface area contributed by atoms with E-state index < -0.39 is 0 Å². The van der Waals surface area contributed by atoms with Crippen molar-refractivity contribution in [3.8, 4) is 55.6 Å².